The Hall–Kier alpha value is -3.27. The highest BCUT2D eigenvalue weighted by atomic mass is 16.5. The lowest BCUT2D eigenvalue weighted by Gasteiger charge is -2.26. The molecule has 1 atom stereocenters. The van der Waals surface area contributed by atoms with Crippen molar-refractivity contribution >= 4 is 22.8 Å². The van der Waals surface area contributed by atoms with Gasteiger partial charge in [-0.05, 0) is 17.7 Å². The summed E-state index contributed by atoms with van der Waals surface area (Å²) >= 11 is 0. The van der Waals surface area contributed by atoms with Gasteiger partial charge < -0.3 is 14.2 Å². The van der Waals surface area contributed by atoms with Crippen molar-refractivity contribution in [1.29, 1.82) is 0 Å². The number of esters is 1. The molecular formula is C22H18O4. The Morgan fingerprint density at radius 3 is 2.35 bits per heavy atom. The van der Waals surface area contributed by atoms with Gasteiger partial charge in [-0.1, -0.05) is 54.6 Å². The van der Waals surface area contributed by atoms with Crippen LogP contribution in [0.5, 0.6) is 11.5 Å². The van der Waals surface area contributed by atoms with Crippen LogP contribution in [0.15, 0.2) is 60.7 Å². The van der Waals surface area contributed by atoms with Crippen molar-refractivity contribution in [3.63, 3.8) is 0 Å². The number of hydrogen-bond donors (Lipinski definition) is 0. The zero-order valence-corrected chi connectivity index (χ0v) is 14.6. The van der Waals surface area contributed by atoms with Gasteiger partial charge in [-0.15, -0.1) is 0 Å². The molecule has 0 amide bonds. The average Bonchev–Trinajstić information content (AvgIpc) is 2.72. The second kappa shape index (κ2) is 6.56. The van der Waals surface area contributed by atoms with E-state index in [4.69, 9.17) is 14.2 Å². The molecule has 4 nitrogen and oxygen atoms in total. The molecule has 0 saturated carbocycles. The first-order chi connectivity index (χ1) is 12.7. The van der Waals surface area contributed by atoms with E-state index in [1.54, 1.807) is 7.11 Å². The van der Waals surface area contributed by atoms with Crippen molar-refractivity contribution in [3.05, 3.63) is 77.4 Å². The van der Waals surface area contributed by atoms with Crippen molar-refractivity contribution in [2.24, 2.45) is 0 Å². The quantitative estimate of drug-likeness (QED) is 0.640. The molecule has 0 aromatic heterocycles. The summed E-state index contributed by atoms with van der Waals surface area (Å²) in [6.45, 7) is 0. The number of ether oxygens (including phenoxy) is 3. The van der Waals surface area contributed by atoms with Crippen LogP contribution in [0.25, 0.3) is 16.8 Å². The maximum atomic E-state index is 12.4. The fourth-order valence-electron chi connectivity index (χ4n) is 3.37. The molecule has 0 bridgehead atoms. The molecule has 0 radical (unpaired) electrons. The molecule has 1 aliphatic rings. The van der Waals surface area contributed by atoms with E-state index in [1.165, 1.54) is 7.11 Å². The van der Waals surface area contributed by atoms with Crippen LogP contribution in [0.3, 0.4) is 0 Å². The van der Waals surface area contributed by atoms with Crippen LogP contribution in [-0.2, 0) is 4.74 Å². The van der Waals surface area contributed by atoms with Crippen LogP contribution < -0.4 is 9.47 Å². The lowest BCUT2D eigenvalue weighted by Crippen LogP contribution is -2.13. The van der Waals surface area contributed by atoms with E-state index in [0.29, 0.717) is 17.1 Å². The average molecular weight is 346 g/mol. The van der Waals surface area contributed by atoms with Crippen molar-refractivity contribution in [2.75, 3.05) is 14.2 Å². The summed E-state index contributed by atoms with van der Waals surface area (Å²) < 4.78 is 16.9. The van der Waals surface area contributed by atoms with E-state index in [9.17, 15) is 4.79 Å². The minimum Gasteiger partial charge on any atom is -0.495 e. The largest absolute Gasteiger partial charge is 0.495 e. The number of rotatable bonds is 3. The molecular weight excluding hydrogens is 328 g/mol. The summed E-state index contributed by atoms with van der Waals surface area (Å²) in [6, 6.07) is 17.6. The number of fused-ring (bicyclic) bond motifs is 3. The summed E-state index contributed by atoms with van der Waals surface area (Å²) in [6.07, 6.45) is 3.73. The lowest BCUT2D eigenvalue weighted by molar-refractivity contribution is 0.0599. The van der Waals surface area contributed by atoms with Gasteiger partial charge in [-0.2, -0.15) is 0 Å². The molecule has 0 saturated heterocycles. The SMILES string of the molecule is COC(=O)c1c(OC)c2c(c3ccccc13)OC(c1ccccc1)C=C2. The number of carbonyl (C=O) groups excluding carboxylic acids is 1. The maximum Gasteiger partial charge on any atom is 0.342 e. The van der Waals surface area contributed by atoms with Gasteiger partial charge in [-0.3, -0.25) is 0 Å². The number of hydrogen-bond acceptors (Lipinski definition) is 4. The third-order valence-electron chi connectivity index (χ3n) is 4.56. The number of benzene rings is 3. The van der Waals surface area contributed by atoms with Gasteiger partial charge in [0.25, 0.3) is 0 Å². The minimum atomic E-state index is -0.431. The normalized spacial score (nSPS) is 15.2. The highest BCUT2D eigenvalue weighted by Crippen LogP contribution is 2.46. The van der Waals surface area contributed by atoms with Crippen LogP contribution >= 0.6 is 0 Å². The van der Waals surface area contributed by atoms with Crippen LogP contribution in [0.4, 0.5) is 0 Å². The first kappa shape index (κ1) is 16.2. The van der Waals surface area contributed by atoms with Gasteiger partial charge in [0.15, 0.2) is 0 Å². The van der Waals surface area contributed by atoms with Crippen molar-refractivity contribution < 1.29 is 19.0 Å². The molecule has 0 N–H and O–H groups in total. The Bertz CT molecular complexity index is 1010. The van der Waals surface area contributed by atoms with Gasteiger partial charge in [0, 0.05) is 10.8 Å². The minimum absolute atomic E-state index is 0.194. The Labute approximate surface area is 151 Å². The number of carbonyl (C=O) groups is 1. The molecule has 26 heavy (non-hydrogen) atoms. The van der Waals surface area contributed by atoms with Crippen molar-refractivity contribution in [2.45, 2.75) is 6.10 Å². The fraction of sp³-hybridized carbons (Fsp3) is 0.136. The highest BCUT2D eigenvalue weighted by Gasteiger charge is 2.28. The third kappa shape index (κ3) is 2.51. The molecule has 1 unspecified atom stereocenters. The van der Waals surface area contributed by atoms with E-state index in [0.717, 1.165) is 21.9 Å². The van der Waals surface area contributed by atoms with E-state index >= 15 is 0 Å². The monoisotopic (exact) mass is 346 g/mol. The van der Waals surface area contributed by atoms with Crippen molar-refractivity contribution in [1.82, 2.24) is 0 Å². The van der Waals surface area contributed by atoms with Gasteiger partial charge in [0.1, 0.15) is 23.2 Å². The van der Waals surface area contributed by atoms with Gasteiger partial charge in [0.05, 0.1) is 19.8 Å². The topological polar surface area (TPSA) is 44.8 Å². The van der Waals surface area contributed by atoms with E-state index in [2.05, 4.69) is 0 Å². The standard InChI is InChI=1S/C22H18O4/c1-24-21-17-12-13-18(14-8-4-3-5-9-14)26-20(17)16-11-7-6-10-15(16)19(21)22(23)25-2/h3-13,18H,1-2H3. The van der Waals surface area contributed by atoms with E-state index in [1.807, 2.05) is 66.7 Å². The molecule has 4 rings (SSSR count). The third-order valence-corrected chi connectivity index (χ3v) is 4.56. The molecule has 0 aliphatic carbocycles. The lowest BCUT2D eigenvalue weighted by atomic mass is 9.95. The van der Waals surface area contributed by atoms with Crippen LogP contribution in [0.1, 0.15) is 27.6 Å². The first-order valence-electron chi connectivity index (χ1n) is 8.35. The van der Waals surface area contributed by atoms with Crippen LogP contribution in [0.2, 0.25) is 0 Å². The predicted octanol–water partition coefficient (Wildman–Crippen LogP) is 4.78. The van der Waals surface area contributed by atoms with Crippen LogP contribution in [-0.4, -0.2) is 20.2 Å². The Balaban J connectivity index is 1.96. The molecule has 130 valence electrons. The smallest absolute Gasteiger partial charge is 0.342 e. The molecule has 0 spiro atoms. The Morgan fingerprint density at radius 2 is 1.65 bits per heavy atom. The maximum absolute atomic E-state index is 12.4. The summed E-state index contributed by atoms with van der Waals surface area (Å²) in [5.74, 6) is 0.745. The zero-order chi connectivity index (χ0) is 18.1. The second-order valence-corrected chi connectivity index (χ2v) is 6.00. The fourth-order valence-corrected chi connectivity index (χ4v) is 3.37. The molecule has 3 aromatic carbocycles. The summed E-state index contributed by atoms with van der Waals surface area (Å²) in [7, 11) is 2.92. The highest BCUT2D eigenvalue weighted by molar-refractivity contribution is 6.11. The van der Waals surface area contributed by atoms with E-state index < -0.39 is 5.97 Å². The zero-order valence-electron chi connectivity index (χ0n) is 14.6. The molecule has 3 aromatic rings. The van der Waals surface area contributed by atoms with Crippen LogP contribution in [0, 0.1) is 0 Å². The Kier molecular flexibility index (Phi) is 4.09. The summed E-state index contributed by atoms with van der Waals surface area (Å²) in [4.78, 5) is 12.4. The molecule has 1 aliphatic heterocycles. The number of methoxy groups -OCH3 is 2. The summed E-state index contributed by atoms with van der Waals surface area (Å²) in [5.41, 5.74) is 2.23. The predicted molar refractivity (Wildman–Crippen MR) is 101 cm³/mol. The second-order valence-electron chi connectivity index (χ2n) is 6.00. The van der Waals surface area contributed by atoms with Gasteiger partial charge in [0.2, 0.25) is 0 Å². The molecule has 4 heteroatoms. The van der Waals surface area contributed by atoms with Gasteiger partial charge in [-0.25, -0.2) is 4.79 Å². The summed E-state index contributed by atoms with van der Waals surface area (Å²) in [5, 5.41) is 1.60. The van der Waals surface area contributed by atoms with E-state index in [-0.39, 0.29) is 6.10 Å². The Morgan fingerprint density at radius 1 is 0.962 bits per heavy atom. The van der Waals surface area contributed by atoms with Crippen molar-refractivity contribution in [3.8, 4) is 11.5 Å². The molecule has 0 fully saturated rings. The van der Waals surface area contributed by atoms with Gasteiger partial charge >= 0.3 is 5.97 Å². The first-order valence-corrected chi connectivity index (χ1v) is 8.35. The molecule has 1 heterocycles.